The molecule has 1 N–H and O–H groups in total. The summed E-state index contributed by atoms with van der Waals surface area (Å²) >= 11 is 1.69. The van der Waals surface area contributed by atoms with Crippen LogP contribution < -0.4 is 4.90 Å². The number of benzene rings is 1. The van der Waals surface area contributed by atoms with Gasteiger partial charge in [-0.3, -0.25) is 0 Å². The topological polar surface area (TPSA) is 36.4 Å². The molecule has 0 amide bonds. The van der Waals surface area contributed by atoms with Crippen LogP contribution in [-0.2, 0) is 0 Å². The van der Waals surface area contributed by atoms with Gasteiger partial charge in [-0.15, -0.1) is 0 Å². The summed E-state index contributed by atoms with van der Waals surface area (Å²) in [5, 5.41) is 10.0. The fourth-order valence-electron chi connectivity index (χ4n) is 1.69. The second-order valence-electron chi connectivity index (χ2n) is 3.67. The molecule has 86 valence electrons. The Morgan fingerprint density at radius 1 is 1.31 bits per heavy atom. The Labute approximate surface area is 99.4 Å². The van der Waals surface area contributed by atoms with E-state index in [-0.39, 0.29) is 6.61 Å². The average molecular weight is 236 g/mol. The van der Waals surface area contributed by atoms with Gasteiger partial charge in [-0.25, -0.2) is 4.98 Å². The summed E-state index contributed by atoms with van der Waals surface area (Å²) in [5.41, 5.74) is 1.04. The van der Waals surface area contributed by atoms with Crippen molar-refractivity contribution in [1.82, 2.24) is 4.98 Å². The van der Waals surface area contributed by atoms with Crippen molar-refractivity contribution in [3.8, 4) is 0 Å². The third kappa shape index (κ3) is 2.33. The number of para-hydroxylation sites is 1. The number of nitrogens with zero attached hydrogens (tertiary/aromatic N) is 2. The molecule has 2 rings (SSSR count). The van der Waals surface area contributed by atoms with E-state index in [1.807, 2.05) is 18.2 Å². The molecule has 0 spiro atoms. The van der Waals surface area contributed by atoms with Gasteiger partial charge in [-0.2, -0.15) is 0 Å². The number of aliphatic hydroxyl groups is 1. The molecule has 0 saturated heterocycles. The van der Waals surface area contributed by atoms with Gasteiger partial charge in [0.1, 0.15) is 0 Å². The Morgan fingerprint density at radius 3 is 2.81 bits per heavy atom. The summed E-state index contributed by atoms with van der Waals surface area (Å²) in [6.07, 6.45) is 1.07. The minimum atomic E-state index is 0.177. The van der Waals surface area contributed by atoms with Crippen molar-refractivity contribution in [3.63, 3.8) is 0 Å². The molecule has 1 heterocycles. The minimum absolute atomic E-state index is 0.177. The second-order valence-corrected chi connectivity index (χ2v) is 4.68. The molecule has 0 aliphatic heterocycles. The predicted molar refractivity (Wildman–Crippen MR) is 69.2 cm³/mol. The first-order chi connectivity index (χ1) is 7.85. The lowest BCUT2D eigenvalue weighted by atomic mass is 10.3. The standard InChI is InChI=1S/C12H16N2OS/c1-2-7-14(8-9-15)12-13-10-5-3-4-6-11(10)16-12/h3-6,15H,2,7-9H2,1H3. The van der Waals surface area contributed by atoms with Crippen LogP contribution in [0.4, 0.5) is 5.13 Å². The summed E-state index contributed by atoms with van der Waals surface area (Å²) in [5.74, 6) is 0. The Kier molecular flexibility index (Phi) is 3.74. The second kappa shape index (κ2) is 5.27. The van der Waals surface area contributed by atoms with Gasteiger partial charge in [0.05, 0.1) is 16.8 Å². The first-order valence-electron chi connectivity index (χ1n) is 5.56. The Morgan fingerprint density at radius 2 is 2.12 bits per heavy atom. The highest BCUT2D eigenvalue weighted by atomic mass is 32.1. The maximum atomic E-state index is 9.03. The molecule has 16 heavy (non-hydrogen) atoms. The van der Waals surface area contributed by atoms with E-state index in [4.69, 9.17) is 5.11 Å². The summed E-state index contributed by atoms with van der Waals surface area (Å²) in [4.78, 5) is 6.73. The number of aliphatic hydroxyl groups excluding tert-OH is 1. The van der Waals surface area contributed by atoms with Gasteiger partial charge >= 0.3 is 0 Å². The van der Waals surface area contributed by atoms with E-state index in [9.17, 15) is 0 Å². The smallest absolute Gasteiger partial charge is 0.186 e. The highest BCUT2D eigenvalue weighted by Gasteiger charge is 2.10. The molecule has 0 unspecified atom stereocenters. The molecule has 0 aliphatic rings. The fourth-order valence-corrected chi connectivity index (χ4v) is 2.71. The average Bonchev–Trinajstić information content (AvgIpc) is 2.72. The van der Waals surface area contributed by atoms with Crippen LogP contribution in [0.5, 0.6) is 0 Å². The third-order valence-electron chi connectivity index (χ3n) is 2.42. The fraction of sp³-hybridized carbons (Fsp3) is 0.417. The van der Waals surface area contributed by atoms with Crippen LogP contribution in [0.15, 0.2) is 24.3 Å². The molecule has 0 fully saturated rings. The van der Waals surface area contributed by atoms with Crippen molar-refractivity contribution < 1.29 is 5.11 Å². The predicted octanol–water partition coefficient (Wildman–Crippen LogP) is 2.51. The molecular weight excluding hydrogens is 220 g/mol. The van der Waals surface area contributed by atoms with E-state index in [2.05, 4.69) is 22.9 Å². The monoisotopic (exact) mass is 236 g/mol. The molecule has 0 atom stereocenters. The summed E-state index contributed by atoms with van der Waals surface area (Å²) in [7, 11) is 0. The van der Waals surface area contributed by atoms with Gasteiger partial charge in [-0.05, 0) is 18.6 Å². The van der Waals surface area contributed by atoms with Gasteiger partial charge < -0.3 is 10.0 Å². The summed E-state index contributed by atoms with van der Waals surface area (Å²) in [6, 6.07) is 8.14. The minimum Gasteiger partial charge on any atom is -0.395 e. The molecular formula is C12H16N2OS. The molecule has 0 saturated carbocycles. The third-order valence-corrected chi connectivity index (χ3v) is 3.51. The van der Waals surface area contributed by atoms with E-state index >= 15 is 0 Å². The first-order valence-corrected chi connectivity index (χ1v) is 6.38. The molecule has 0 aliphatic carbocycles. The van der Waals surface area contributed by atoms with Crippen molar-refractivity contribution in [3.05, 3.63) is 24.3 Å². The maximum Gasteiger partial charge on any atom is 0.186 e. The number of thiazole rings is 1. The van der Waals surface area contributed by atoms with Gasteiger partial charge in [0.25, 0.3) is 0 Å². The number of anilines is 1. The summed E-state index contributed by atoms with van der Waals surface area (Å²) in [6.45, 7) is 3.92. The molecule has 1 aromatic carbocycles. The lowest BCUT2D eigenvalue weighted by molar-refractivity contribution is 0.302. The van der Waals surface area contributed by atoms with Crippen LogP contribution in [-0.4, -0.2) is 29.8 Å². The maximum absolute atomic E-state index is 9.03. The number of hydrogen-bond acceptors (Lipinski definition) is 4. The molecule has 2 aromatic rings. The summed E-state index contributed by atoms with van der Waals surface area (Å²) < 4.78 is 1.21. The van der Waals surface area contributed by atoms with Crippen LogP contribution in [0.2, 0.25) is 0 Å². The zero-order chi connectivity index (χ0) is 11.4. The van der Waals surface area contributed by atoms with E-state index in [0.29, 0.717) is 6.54 Å². The van der Waals surface area contributed by atoms with Crippen molar-refractivity contribution in [2.24, 2.45) is 0 Å². The van der Waals surface area contributed by atoms with E-state index in [1.54, 1.807) is 11.3 Å². The Bertz CT molecular complexity index is 416. The van der Waals surface area contributed by atoms with Crippen molar-refractivity contribution in [1.29, 1.82) is 0 Å². The quantitative estimate of drug-likeness (QED) is 0.866. The van der Waals surface area contributed by atoms with Crippen LogP contribution in [0.1, 0.15) is 13.3 Å². The largest absolute Gasteiger partial charge is 0.395 e. The lowest BCUT2D eigenvalue weighted by Crippen LogP contribution is -2.27. The number of rotatable bonds is 5. The SMILES string of the molecule is CCCN(CCO)c1nc2ccccc2s1. The van der Waals surface area contributed by atoms with Crippen LogP contribution in [0.25, 0.3) is 10.2 Å². The number of hydrogen-bond donors (Lipinski definition) is 1. The highest BCUT2D eigenvalue weighted by Crippen LogP contribution is 2.28. The lowest BCUT2D eigenvalue weighted by Gasteiger charge is -2.19. The first kappa shape index (κ1) is 11.4. The molecule has 0 radical (unpaired) electrons. The van der Waals surface area contributed by atoms with Gasteiger partial charge in [0.15, 0.2) is 5.13 Å². The van der Waals surface area contributed by atoms with Crippen LogP contribution in [0.3, 0.4) is 0 Å². The van der Waals surface area contributed by atoms with Gasteiger partial charge in [-0.1, -0.05) is 30.4 Å². The van der Waals surface area contributed by atoms with E-state index in [0.717, 1.165) is 23.6 Å². The highest BCUT2D eigenvalue weighted by molar-refractivity contribution is 7.22. The zero-order valence-corrected chi connectivity index (χ0v) is 10.2. The molecule has 4 heteroatoms. The Hall–Kier alpha value is -1.13. The van der Waals surface area contributed by atoms with E-state index < -0.39 is 0 Å². The normalized spacial score (nSPS) is 10.9. The van der Waals surface area contributed by atoms with Crippen molar-refractivity contribution in [2.75, 3.05) is 24.6 Å². The zero-order valence-electron chi connectivity index (χ0n) is 9.39. The number of fused-ring (bicyclic) bond motifs is 1. The Balaban J connectivity index is 2.29. The van der Waals surface area contributed by atoms with E-state index in [1.165, 1.54) is 4.70 Å². The number of aromatic nitrogens is 1. The van der Waals surface area contributed by atoms with Crippen molar-refractivity contribution >= 4 is 26.7 Å². The molecule has 0 bridgehead atoms. The molecule has 3 nitrogen and oxygen atoms in total. The van der Waals surface area contributed by atoms with Crippen LogP contribution in [0, 0.1) is 0 Å². The van der Waals surface area contributed by atoms with Gasteiger partial charge in [0.2, 0.25) is 0 Å². The van der Waals surface area contributed by atoms with Gasteiger partial charge in [0, 0.05) is 13.1 Å². The van der Waals surface area contributed by atoms with Crippen LogP contribution >= 0.6 is 11.3 Å². The molecule has 1 aromatic heterocycles. The van der Waals surface area contributed by atoms with Crippen molar-refractivity contribution in [2.45, 2.75) is 13.3 Å².